The van der Waals surface area contributed by atoms with E-state index < -0.39 is 11.9 Å². The van der Waals surface area contributed by atoms with Crippen LogP contribution in [0.2, 0.25) is 0 Å². The van der Waals surface area contributed by atoms with Gasteiger partial charge in [-0.15, -0.1) is 11.3 Å². The van der Waals surface area contributed by atoms with Crippen LogP contribution in [0.1, 0.15) is 10.5 Å². The number of morpholine rings is 1. The van der Waals surface area contributed by atoms with E-state index in [2.05, 4.69) is 26.1 Å². The van der Waals surface area contributed by atoms with Gasteiger partial charge >= 0.3 is 6.03 Å². The third kappa shape index (κ3) is 4.21. The molecule has 0 radical (unpaired) electrons. The maximum atomic E-state index is 12.0. The summed E-state index contributed by atoms with van der Waals surface area (Å²) < 4.78 is 5.29. The number of anilines is 2. The molecule has 3 rings (SSSR count). The number of hydrogen-bond donors (Lipinski definition) is 3. The van der Waals surface area contributed by atoms with E-state index in [-0.39, 0.29) is 5.69 Å². The average Bonchev–Trinajstić information content (AvgIpc) is 3.11. The van der Waals surface area contributed by atoms with E-state index in [1.54, 1.807) is 29.6 Å². The summed E-state index contributed by atoms with van der Waals surface area (Å²) in [5, 5.41) is 5.04. The fraction of sp³-hybridized carbons (Fsp3) is 0.267. The van der Waals surface area contributed by atoms with Crippen LogP contribution in [-0.4, -0.2) is 43.2 Å². The Bertz CT molecular complexity index is 700. The zero-order valence-corrected chi connectivity index (χ0v) is 13.6. The van der Waals surface area contributed by atoms with Crippen molar-refractivity contribution in [3.8, 4) is 0 Å². The molecule has 0 aliphatic carbocycles. The van der Waals surface area contributed by atoms with Crippen molar-refractivity contribution < 1.29 is 14.3 Å². The van der Waals surface area contributed by atoms with Crippen LogP contribution in [0.25, 0.3) is 0 Å². The van der Waals surface area contributed by atoms with E-state index in [0.29, 0.717) is 18.9 Å². The Kier molecular flexibility index (Phi) is 5.24. The lowest BCUT2D eigenvalue weighted by molar-refractivity contribution is 0.0933. The number of nitrogens with one attached hydrogen (secondary N) is 3. The van der Waals surface area contributed by atoms with Gasteiger partial charge in [0.1, 0.15) is 5.69 Å². The molecule has 1 aromatic carbocycles. The van der Waals surface area contributed by atoms with Gasteiger partial charge in [0.2, 0.25) is 0 Å². The second-order valence-electron chi connectivity index (χ2n) is 5.01. The molecule has 1 saturated heterocycles. The highest BCUT2D eigenvalue weighted by Crippen LogP contribution is 2.21. The standard InChI is InChI=1S/C15H17N5O3S/c21-13(18-19-14(22)16-11-4-2-1-3-5-11)12-10-24-15(17-12)20-6-8-23-9-7-20/h1-5,10H,6-9H2,(H,18,21)(H2,16,19,22). The Morgan fingerprint density at radius 1 is 1.12 bits per heavy atom. The van der Waals surface area contributed by atoms with Crippen molar-refractivity contribution in [2.24, 2.45) is 0 Å². The van der Waals surface area contributed by atoms with Crippen LogP contribution in [-0.2, 0) is 4.74 Å². The predicted molar refractivity (Wildman–Crippen MR) is 91.2 cm³/mol. The molecule has 0 saturated carbocycles. The highest BCUT2D eigenvalue weighted by atomic mass is 32.1. The number of para-hydroxylation sites is 1. The van der Waals surface area contributed by atoms with Gasteiger partial charge in [-0.05, 0) is 12.1 Å². The van der Waals surface area contributed by atoms with E-state index in [1.807, 2.05) is 6.07 Å². The zero-order valence-electron chi connectivity index (χ0n) is 12.8. The van der Waals surface area contributed by atoms with Crippen LogP contribution in [0.5, 0.6) is 0 Å². The predicted octanol–water partition coefficient (Wildman–Crippen LogP) is 1.45. The molecule has 0 unspecified atom stereocenters. The number of ether oxygens (including phenoxy) is 1. The van der Waals surface area contributed by atoms with Gasteiger partial charge in [0.05, 0.1) is 13.2 Å². The lowest BCUT2D eigenvalue weighted by atomic mass is 10.3. The third-order valence-electron chi connectivity index (χ3n) is 3.33. The fourth-order valence-electron chi connectivity index (χ4n) is 2.13. The van der Waals surface area contributed by atoms with Gasteiger partial charge in [-0.25, -0.2) is 15.2 Å². The highest BCUT2D eigenvalue weighted by molar-refractivity contribution is 7.13. The molecule has 9 heteroatoms. The monoisotopic (exact) mass is 347 g/mol. The van der Waals surface area contributed by atoms with E-state index in [1.165, 1.54) is 11.3 Å². The largest absolute Gasteiger partial charge is 0.378 e. The molecule has 3 amide bonds. The summed E-state index contributed by atoms with van der Waals surface area (Å²) in [6.45, 7) is 2.82. The van der Waals surface area contributed by atoms with Crippen molar-refractivity contribution in [2.45, 2.75) is 0 Å². The Balaban J connectivity index is 1.50. The minimum absolute atomic E-state index is 0.265. The quantitative estimate of drug-likeness (QED) is 0.731. The summed E-state index contributed by atoms with van der Waals surface area (Å²) in [6.07, 6.45) is 0. The van der Waals surface area contributed by atoms with Crippen molar-refractivity contribution in [1.29, 1.82) is 0 Å². The average molecular weight is 347 g/mol. The van der Waals surface area contributed by atoms with Crippen molar-refractivity contribution in [2.75, 3.05) is 36.5 Å². The molecule has 0 bridgehead atoms. The molecule has 1 aliphatic rings. The molecule has 8 nitrogen and oxygen atoms in total. The van der Waals surface area contributed by atoms with E-state index in [0.717, 1.165) is 18.2 Å². The topological polar surface area (TPSA) is 95.6 Å². The number of nitrogens with zero attached hydrogens (tertiary/aromatic N) is 2. The molecule has 0 spiro atoms. The van der Waals surface area contributed by atoms with Crippen molar-refractivity contribution >= 4 is 34.1 Å². The number of urea groups is 1. The van der Waals surface area contributed by atoms with Gasteiger partial charge in [-0.2, -0.15) is 0 Å². The number of carbonyl (C=O) groups excluding carboxylic acids is 2. The number of rotatable bonds is 3. The molecule has 1 aromatic heterocycles. The second-order valence-corrected chi connectivity index (χ2v) is 5.85. The summed E-state index contributed by atoms with van der Waals surface area (Å²) in [5.41, 5.74) is 5.53. The Morgan fingerprint density at radius 3 is 2.62 bits per heavy atom. The number of hydrazine groups is 1. The lowest BCUT2D eigenvalue weighted by Gasteiger charge is -2.25. The molecular formula is C15H17N5O3S. The van der Waals surface area contributed by atoms with Gasteiger partial charge < -0.3 is 15.0 Å². The first-order chi connectivity index (χ1) is 11.7. The van der Waals surface area contributed by atoms with Crippen molar-refractivity contribution in [3.05, 3.63) is 41.4 Å². The van der Waals surface area contributed by atoms with Crippen LogP contribution in [0, 0.1) is 0 Å². The number of hydrogen-bond acceptors (Lipinski definition) is 6. The van der Waals surface area contributed by atoms with Gasteiger partial charge in [-0.1, -0.05) is 18.2 Å². The lowest BCUT2D eigenvalue weighted by Crippen LogP contribution is -2.44. The van der Waals surface area contributed by atoms with Gasteiger partial charge in [0.25, 0.3) is 5.91 Å². The normalized spacial score (nSPS) is 14.1. The smallest absolute Gasteiger partial charge is 0.337 e. The highest BCUT2D eigenvalue weighted by Gasteiger charge is 2.17. The molecule has 24 heavy (non-hydrogen) atoms. The van der Waals surface area contributed by atoms with Crippen LogP contribution >= 0.6 is 11.3 Å². The van der Waals surface area contributed by atoms with Crippen molar-refractivity contribution in [3.63, 3.8) is 0 Å². The van der Waals surface area contributed by atoms with E-state index in [9.17, 15) is 9.59 Å². The summed E-state index contributed by atoms with van der Waals surface area (Å²) in [5.74, 6) is -0.464. The SMILES string of the molecule is O=C(NNC(=O)c1csc(N2CCOCC2)n1)Nc1ccccc1. The molecule has 3 N–H and O–H groups in total. The van der Waals surface area contributed by atoms with E-state index in [4.69, 9.17) is 4.74 Å². The van der Waals surface area contributed by atoms with Gasteiger partial charge in [0.15, 0.2) is 5.13 Å². The number of aromatic nitrogens is 1. The number of thiazole rings is 1. The van der Waals surface area contributed by atoms with Crippen LogP contribution in [0.3, 0.4) is 0 Å². The van der Waals surface area contributed by atoms with Gasteiger partial charge in [-0.3, -0.25) is 10.2 Å². The first-order valence-corrected chi connectivity index (χ1v) is 8.31. The maximum absolute atomic E-state index is 12.0. The minimum Gasteiger partial charge on any atom is -0.378 e. The van der Waals surface area contributed by atoms with Gasteiger partial charge in [0, 0.05) is 24.2 Å². The van der Waals surface area contributed by atoms with Crippen molar-refractivity contribution in [1.82, 2.24) is 15.8 Å². The zero-order chi connectivity index (χ0) is 16.8. The van der Waals surface area contributed by atoms with Crippen LogP contribution in [0.15, 0.2) is 35.7 Å². The molecule has 0 atom stereocenters. The first-order valence-electron chi connectivity index (χ1n) is 7.43. The van der Waals surface area contributed by atoms with E-state index >= 15 is 0 Å². The second kappa shape index (κ2) is 7.75. The number of benzene rings is 1. The number of carbonyl (C=O) groups is 2. The van der Waals surface area contributed by atoms with Crippen LogP contribution < -0.4 is 21.1 Å². The Hall–Kier alpha value is -2.65. The maximum Gasteiger partial charge on any atom is 0.337 e. The minimum atomic E-state index is -0.529. The summed E-state index contributed by atoms with van der Waals surface area (Å²) in [7, 11) is 0. The molecular weight excluding hydrogens is 330 g/mol. The fourth-order valence-corrected chi connectivity index (χ4v) is 2.99. The molecule has 2 heterocycles. The Labute approximate surface area is 142 Å². The molecule has 1 fully saturated rings. The van der Waals surface area contributed by atoms with Crippen LogP contribution in [0.4, 0.5) is 15.6 Å². The summed E-state index contributed by atoms with van der Waals surface area (Å²) in [6, 6.07) is 8.41. The molecule has 1 aliphatic heterocycles. The summed E-state index contributed by atoms with van der Waals surface area (Å²) >= 11 is 1.39. The molecule has 2 aromatic rings. The first kappa shape index (κ1) is 16.2. The Morgan fingerprint density at radius 2 is 1.88 bits per heavy atom. The third-order valence-corrected chi connectivity index (χ3v) is 4.23. The number of amides is 3. The summed E-state index contributed by atoms with van der Waals surface area (Å²) in [4.78, 5) is 30.1. The molecule has 126 valence electrons.